The highest BCUT2D eigenvalue weighted by molar-refractivity contribution is 9.10. The van der Waals surface area contributed by atoms with Gasteiger partial charge in [-0.1, -0.05) is 58.4 Å². The van der Waals surface area contributed by atoms with Crippen LogP contribution in [0.2, 0.25) is 0 Å². The van der Waals surface area contributed by atoms with Crippen LogP contribution in [0.5, 0.6) is 5.75 Å². The van der Waals surface area contributed by atoms with Crippen LogP contribution < -0.4 is 15.5 Å². The number of carbonyl (C=O) groups is 2. The number of benzene rings is 3. The molecule has 3 aromatic rings. The van der Waals surface area contributed by atoms with Crippen molar-refractivity contribution in [3.63, 3.8) is 0 Å². The van der Waals surface area contributed by atoms with Gasteiger partial charge in [0.25, 0.3) is 0 Å². The first-order chi connectivity index (χ1) is 14.5. The van der Waals surface area contributed by atoms with Crippen molar-refractivity contribution in [1.82, 2.24) is 5.43 Å². The molecule has 3 aromatic carbocycles. The maximum atomic E-state index is 12.0. The summed E-state index contributed by atoms with van der Waals surface area (Å²) < 4.78 is 6.86. The predicted molar refractivity (Wildman–Crippen MR) is 120 cm³/mol. The van der Waals surface area contributed by atoms with E-state index < -0.39 is 11.8 Å². The van der Waals surface area contributed by atoms with Crippen LogP contribution in [-0.2, 0) is 16.2 Å². The molecule has 0 bridgehead atoms. The highest BCUT2D eigenvalue weighted by atomic mass is 79.9. The van der Waals surface area contributed by atoms with E-state index in [1.54, 1.807) is 18.2 Å². The lowest BCUT2D eigenvalue weighted by Crippen LogP contribution is -2.32. The van der Waals surface area contributed by atoms with Crippen molar-refractivity contribution in [2.75, 3.05) is 5.32 Å². The number of carbonyl (C=O) groups excluding carboxylic acids is 2. The van der Waals surface area contributed by atoms with Gasteiger partial charge in [0, 0.05) is 15.7 Å². The number of para-hydroxylation sites is 2. The van der Waals surface area contributed by atoms with Crippen LogP contribution in [0.1, 0.15) is 16.7 Å². The standard InChI is InChI=1S/C23H20BrN3O3/c1-16-6-2-4-8-20(16)26-22(28)23(29)27-25-14-18-7-3-5-9-21(18)30-15-17-10-12-19(24)13-11-17/h2-14H,15H2,1H3,(H,26,28)(H,27,29)/b25-14+. The third-order valence-electron chi connectivity index (χ3n) is 4.20. The van der Waals surface area contributed by atoms with Crippen molar-refractivity contribution >= 4 is 39.6 Å². The molecule has 0 aliphatic carbocycles. The fourth-order valence-electron chi connectivity index (χ4n) is 2.56. The van der Waals surface area contributed by atoms with Crippen molar-refractivity contribution in [2.45, 2.75) is 13.5 Å². The van der Waals surface area contributed by atoms with Crippen LogP contribution in [-0.4, -0.2) is 18.0 Å². The molecule has 0 saturated heterocycles. The van der Waals surface area contributed by atoms with E-state index in [9.17, 15) is 9.59 Å². The zero-order valence-corrected chi connectivity index (χ0v) is 17.8. The fraction of sp³-hybridized carbons (Fsp3) is 0.0870. The highest BCUT2D eigenvalue weighted by Crippen LogP contribution is 2.18. The molecule has 0 radical (unpaired) electrons. The summed E-state index contributed by atoms with van der Waals surface area (Å²) in [6.07, 6.45) is 1.44. The molecule has 6 nitrogen and oxygen atoms in total. The molecule has 0 fully saturated rings. The number of halogens is 1. The largest absolute Gasteiger partial charge is 0.488 e. The van der Waals surface area contributed by atoms with E-state index in [1.165, 1.54) is 6.21 Å². The number of rotatable bonds is 6. The van der Waals surface area contributed by atoms with Gasteiger partial charge in [-0.3, -0.25) is 9.59 Å². The highest BCUT2D eigenvalue weighted by Gasteiger charge is 2.13. The summed E-state index contributed by atoms with van der Waals surface area (Å²) in [6, 6.07) is 22.3. The van der Waals surface area contributed by atoms with Crippen molar-refractivity contribution in [3.05, 3.63) is 94.0 Å². The Morgan fingerprint density at radius 2 is 1.67 bits per heavy atom. The molecule has 152 valence electrons. The molecule has 0 atom stereocenters. The van der Waals surface area contributed by atoms with Gasteiger partial charge in [-0.05, 0) is 48.4 Å². The number of nitrogens with one attached hydrogen (secondary N) is 2. The maximum Gasteiger partial charge on any atom is 0.329 e. The van der Waals surface area contributed by atoms with Crippen LogP contribution in [0, 0.1) is 6.92 Å². The Bertz CT molecular complexity index is 1070. The lowest BCUT2D eigenvalue weighted by molar-refractivity contribution is -0.136. The average Bonchev–Trinajstić information content (AvgIpc) is 2.75. The van der Waals surface area contributed by atoms with E-state index in [0.29, 0.717) is 23.6 Å². The van der Waals surface area contributed by atoms with E-state index in [4.69, 9.17) is 4.74 Å². The third-order valence-corrected chi connectivity index (χ3v) is 4.72. The molecule has 0 aliphatic heterocycles. The van der Waals surface area contributed by atoms with Crippen LogP contribution in [0.3, 0.4) is 0 Å². The zero-order chi connectivity index (χ0) is 21.3. The number of amides is 2. The summed E-state index contributed by atoms with van der Waals surface area (Å²) in [4.78, 5) is 24.0. The minimum Gasteiger partial charge on any atom is -0.488 e. The van der Waals surface area contributed by atoms with Crippen LogP contribution in [0.4, 0.5) is 5.69 Å². The van der Waals surface area contributed by atoms with Gasteiger partial charge in [-0.2, -0.15) is 5.10 Å². The Kier molecular flexibility index (Phi) is 7.34. The minimum atomic E-state index is -0.859. The van der Waals surface area contributed by atoms with Gasteiger partial charge in [-0.15, -0.1) is 0 Å². The molecule has 7 heteroatoms. The van der Waals surface area contributed by atoms with Gasteiger partial charge in [0.2, 0.25) is 0 Å². The van der Waals surface area contributed by atoms with Crippen LogP contribution >= 0.6 is 15.9 Å². The van der Waals surface area contributed by atoms with Crippen LogP contribution in [0.15, 0.2) is 82.4 Å². The monoisotopic (exact) mass is 465 g/mol. The molecule has 0 unspecified atom stereocenters. The second kappa shape index (κ2) is 10.4. The predicted octanol–water partition coefficient (Wildman–Crippen LogP) is 4.43. The van der Waals surface area contributed by atoms with Gasteiger partial charge in [0.15, 0.2) is 0 Å². The van der Waals surface area contributed by atoms with Gasteiger partial charge < -0.3 is 10.1 Å². The first-order valence-electron chi connectivity index (χ1n) is 9.19. The summed E-state index contributed by atoms with van der Waals surface area (Å²) in [6.45, 7) is 2.24. The third kappa shape index (κ3) is 6.02. The zero-order valence-electron chi connectivity index (χ0n) is 16.3. The SMILES string of the molecule is Cc1ccccc1NC(=O)C(=O)N/N=C/c1ccccc1OCc1ccc(Br)cc1. The molecule has 2 amide bonds. The fourth-order valence-corrected chi connectivity index (χ4v) is 2.83. The summed E-state index contributed by atoms with van der Waals surface area (Å²) >= 11 is 3.40. The molecule has 0 aliphatic rings. The number of anilines is 1. The summed E-state index contributed by atoms with van der Waals surface area (Å²) in [5, 5.41) is 6.44. The van der Waals surface area contributed by atoms with Gasteiger partial charge in [-0.25, -0.2) is 5.43 Å². The van der Waals surface area contributed by atoms with Gasteiger partial charge in [0.05, 0.1) is 6.21 Å². The average molecular weight is 466 g/mol. The molecule has 0 heterocycles. The molecular weight excluding hydrogens is 446 g/mol. The van der Waals surface area contributed by atoms with E-state index in [1.807, 2.05) is 61.5 Å². The smallest absolute Gasteiger partial charge is 0.329 e. The lowest BCUT2D eigenvalue weighted by Gasteiger charge is -2.09. The van der Waals surface area contributed by atoms with Gasteiger partial charge >= 0.3 is 11.8 Å². The lowest BCUT2D eigenvalue weighted by atomic mass is 10.2. The number of hydrazone groups is 1. The van der Waals surface area contributed by atoms with Crippen LogP contribution in [0.25, 0.3) is 0 Å². The summed E-state index contributed by atoms with van der Waals surface area (Å²) in [7, 11) is 0. The Balaban J connectivity index is 1.58. The Labute approximate surface area is 183 Å². The molecular formula is C23H20BrN3O3. The molecule has 2 N–H and O–H groups in total. The van der Waals surface area contributed by atoms with Crippen molar-refractivity contribution < 1.29 is 14.3 Å². The summed E-state index contributed by atoms with van der Waals surface area (Å²) in [5.74, 6) is -1.04. The number of hydrogen-bond donors (Lipinski definition) is 2. The molecule has 0 saturated carbocycles. The maximum absolute atomic E-state index is 12.0. The summed E-state index contributed by atoms with van der Waals surface area (Å²) in [5.41, 5.74) is 5.37. The number of ether oxygens (including phenoxy) is 1. The van der Waals surface area contributed by atoms with Crippen molar-refractivity contribution in [2.24, 2.45) is 5.10 Å². The normalized spacial score (nSPS) is 10.6. The van der Waals surface area contributed by atoms with Gasteiger partial charge in [0.1, 0.15) is 12.4 Å². The van der Waals surface area contributed by atoms with E-state index in [-0.39, 0.29) is 0 Å². The van der Waals surface area contributed by atoms with E-state index in [2.05, 4.69) is 31.8 Å². The Morgan fingerprint density at radius 1 is 0.967 bits per heavy atom. The molecule has 0 spiro atoms. The first-order valence-corrected chi connectivity index (χ1v) is 9.98. The number of hydrogen-bond acceptors (Lipinski definition) is 4. The van der Waals surface area contributed by atoms with Crippen molar-refractivity contribution in [1.29, 1.82) is 0 Å². The quantitative estimate of drug-likeness (QED) is 0.321. The van der Waals surface area contributed by atoms with E-state index >= 15 is 0 Å². The second-order valence-corrected chi connectivity index (χ2v) is 7.34. The molecule has 3 rings (SSSR count). The number of aryl methyl sites for hydroxylation is 1. The molecule has 0 aromatic heterocycles. The minimum absolute atomic E-state index is 0.392. The van der Waals surface area contributed by atoms with Crippen molar-refractivity contribution in [3.8, 4) is 5.75 Å². The number of nitrogens with zero attached hydrogens (tertiary/aromatic N) is 1. The first kappa shape index (κ1) is 21.3. The van der Waals surface area contributed by atoms with E-state index in [0.717, 1.165) is 15.6 Å². The Morgan fingerprint density at radius 3 is 2.43 bits per heavy atom. The Hall–Kier alpha value is -3.45. The second-order valence-electron chi connectivity index (χ2n) is 6.42. The molecule has 30 heavy (non-hydrogen) atoms. The topological polar surface area (TPSA) is 79.8 Å².